The number of pyridine rings is 1. The maximum Gasteiger partial charge on any atom is 0.164 e. The van der Waals surface area contributed by atoms with Crippen molar-refractivity contribution in [3.63, 3.8) is 0 Å². The molecule has 0 atom stereocenters. The first kappa shape index (κ1) is 14.8. The molecule has 0 amide bonds. The second kappa shape index (κ2) is 5.95. The Kier molecular flexibility index (Phi) is 4.20. The van der Waals surface area contributed by atoms with Gasteiger partial charge >= 0.3 is 0 Å². The average Bonchev–Trinajstić information content (AvgIpc) is 2.84. The standard InChI is InChI=1S/C15H12BrCl2N3/c1-2-9-5-10(16)3-4-13(9)21-14(7-17)20-12-6-11(18)8-19-15(12)21/h3-6,8H,2,7H2,1H3. The Balaban J connectivity index is 2.33. The van der Waals surface area contributed by atoms with Crippen LogP contribution in [0.1, 0.15) is 18.3 Å². The molecule has 2 aromatic heterocycles. The highest BCUT2D eigenvalue weighted by molar-refractivity contribution is 9.10. The number of benzene rings is 1. The first-order chi connectivity index (χ1) is 10.1. The summed E-state index contributed by atoms with van der Waals surface area (Å²) in [5, 5.41) is 0.569. The quantitative estimate of drug-likeness (QED) is 0.585. The summed E-state index contributed by atoms with van der Waals surface area (Å²) in [5.41, 5.74) is 3.77. The van der Waals surface area contributed by atoms with Crippen molar-refractivity contribution >= 4 is 50.3 Å². The number of imidazole rings is 1. The van der Waals surface area contributed by atoms with Gasteiger partial charge in [-0.05, 0) is 36.2 Å². The van der Waals surface area contributed by atoms with E-state index >= 15 is 0 Å². The van der Waals surface area contributed by atoms with Crippen molar-refractivity contribution in [3.8, 4) is 5.69 Å². The number of aryl methyl sites for hydroxylation is 1. The number of fused-ring (bicyclic) bond motifs is 1. The summed E-state index contributed by atoms with van der Waals surface area (Å²) in [4.78, 5) is 8.96. The average molecular weight is 385 g/mol. The van der Waals surface area contributed by atoms with Gasteiger partial charge in [-0.25, -0.2) is 9.97 Å². The van der Waals surface area contributed by atoms with E-state index in [0.717, 1.165) is 33.6 Å². The Bertz CT molecular complexity index is 814. The predicted molar refractivity (Wildman–Crippen MR) is 90.5 cm³/mol. The van der Waals surface area contributed by atoms with Crippen LogP contribution in [0.3, 0.4) is 0 Å². The topological polar surface area (TPSA) is 30.7 Å². The molecule has 1 aromatic carbocycles. The predicted octanol–water partition coefficient (Wildman–Crippen LogP) is 5.14. The van der Waals surface area contributed by atoms with Crippen molar-refractivity contribution < 1.29 is 0 Å². The highest BCUT2D eigenvalue weighted by Crippen LogP contribution is 2.27. The van der Waals surface area contributed by atoms with Gasteiger partial charge in [-0.2, -0.15) is 0 Å². The van der Waals surface area contributed by atoms with Crippen LogP contribution >= 0.6 is 39.1 Å². The summed E-state index contributed by atoms with van der Waals surface area (Å²) < 4.78 is 3.06. The molecule has 0 N–H and O–H groups in total. The third-order valence-corrected chi connectivity index (χ3v) is 4.26. The molecule has 0 unspecified atom stereocenters. The van der Waals surface area contributed by atoms with Crippen molar-refractivity contribution in [1.82, 2.24) is 14.5 Å². The van der Waals surface area contributed by atoms with Gasteiger partial charge in [0.2, 0.25) is 0 Å². The molecule has 0 aliphatic carbocycles. The molecule has 0 saturated carbocycles. The molecule has 0 aliphatic heterocycles. The lowest BCUT2D eigenvalue weighted by Gasteiger charge is -2.12. The van der Waals surface area contributed by atoms with E-state index in [4.69, 9.17) is 23.2 Å². The number of alkyl halides is 1. The summed E-state index contributed by atoms with van der Waals surface area (Å²) in [6.07, 6.45) is 2.54. The highest BCUT2D eigenvalue weighted by atomic mass is 79.9. The van der Waals surface area contributed by atoms with E-state index in [0.29, 0.717) is 10.9 Å². The van der Waals surface area contributed by atoms with E-state index in [1.54, 1.807) is 12.3 Å². The van der Waals surface area contributed by atoms with Crippen LogP contribution in [0.5, 0.6) is 0 Å². The van der Waals surface area contributed by atoms with E-state index in [1.165, 1.54) is 5.56 Å². The monoisotopic (exact) mass is 383 g/mol. The fraction of sp³-hybridized carbons (Fsp3) is 0.200. The van der Waals surface area contributed by atoms with Crippen LogP contribution in [0.4, 0.5) is 0 Å². The minimum atomic E-state index is 0.313. The first-order valence-corrected chi connectivity index (χ1v) is 8.22. The largest absolute Gasteiger partial charge is 0.279 e. The van der Waals surface area contributed by atoms with Crippen LogP contribution in [-0.4, -0.2) is 14.5 Å². The zero-order valence-corrected chi connectivity index (χ0v) is 14.4. The first-order valence-electron chi connectivity index (χ1n) is 6.51. The third kappa shape index (κ3) is 2.68. The number of hydrogen-bond donors (Lipinski definition) is 0. The van der Waals surface area contributed by atoms with Crippen LogP contribution in [0.2, 0.25) is 5.02 Å². The van der Waals surface area contributed by atoms with Crippen molar-refractivity contribution in [1.29, 1.82) is 0 Å². The molecule has 0 radical (unpaired) electrons. The maximum absolute atomic E-state index is 6.07. The molecule has 6 heteroatoms. The summed E-state index contributed by atoms with van der Waals surface area (Å²) in [6, 6.07) is 7.97. The van der Waals surface area contributed by atoms with Gasteiger partial charge in [0.1, 0.15) is 11.3 Å². The van der Waals surface area contributed by atoms with E-state index in [1.807, 2.05) is 10.6 Å². The van der Waals surface area contributed by atoms with Crippen LogP contribution in [-0.2, 0) is 12.3 Å². The van der Waals surface area contributed by atoms with Gasteiger partial charge < -0.3 is 0 Å². The minimum Gasteiger partial charge on any atom is -0.279 e. The molecule has 2 heterocycles. The SMILES string of the molecule is CCc1cc(Br)ccc1-n1c(CCl)nc2cc(Cl)cnc21. The smallest absolute Gasteiger partial charge is 0.164 e. The Hall–Kier alpha value is -1.10. The van der Waals surface area contributed by atoms with E-state index in [2.05, 4.69) is 45.0 Å². The molecule has 108 valence electrons. The highest BCUT2D eigenvalue weighted by Gasteiger charge is 2.15. The fourth-order valence-electron chi connectivity index (χ4n) is 2.39. The molecule has 0 aliphatic rings. The van der Waals surface area contributed by atoms with Gasteiger partial charge in [0.25, 0.3) is 0 Å². The van der Waals surface area contributed by atoms with Gasteiger partial charge in [0.15, 0.2) is 5.65 Å². The lowest BCUT2D eigenvalue weighted by atomic mass is 10.1. The molecule has 0 fully saturated rings. The molecule has 3 aromatic rings. The third-order valence-electron chi connectivity index (χ3n) is 3.32. The zero-order valence-electron chi connectivity index (χ0n) is 11.3. The van der Waals surface area contributed by atoms with Gasteiger partial charge in [-0.3, -0.25) is 4.57 Å². The second-order valence-electron chi connectivity index (χ2n) is 4.62. The van der Waals surface area contributed by atoms with Crippen molar-refractivity contribution in [2.75, 3.05) is 0 Å². The van der Waals surface area contributed by atoms with Gasteiger partial charge in [0, 0.05) is 10.7 Å². The normalized spacial score (nSPS) is 11.2. The number of aromatic nitrogens is 3. The Morgan fingerprint density at radius 2 is 2.10 bits per heavy atom. The summed E-state index contributed by atoms with van der Waals surface area (Å²) in [5.74, 6) is 1.08. The molecule has 3 rings (SSSR count). The number of hydrogen-bond acceptors (Lipinski definition) is 2. The summed E-state index contributed by atoms with van der Waals surface area (Å²) in [7, 11) is 0. The molecular formula is C15H12BrCl2N3. The molecule has 0 saturated heterocycles. The summed E-state index contributed by atoms with van der Waals surface area (Å²) in [6.45, 7) is 2.12. The van der Waals surface area contributed by atoms with Crippen molar-refractivity contribution in [2.24, 2.45) is 0 Å². The van der Waals surface area contributed by atoms with Crippen molar-refractivity contribution in [3.05, 3.63) is 51.3 Å². The van der Waals surface area contributed by atoms with E-state index in [9.17, 15) is 0 Å². The van der Waals surface area contributed by atoms with Gasteiger partial charge in [0.05, 0.1) is 16.6 Å². The molecule has 21 heavy (non-hydrogen) atoms. The van der Waals surface area contributed by atoms with Crippen LogP contribution in [0, 0.1) is 0 Å². The Labute approximate surface area is 141 Å². The second-order valence-corrected chi connectivity index (χ2v) is 6.24. The Morgan fingerprint density at radius 1 is 1.29 bits per heavy atom. The van der Waals surface area contributed by atoms with Crippen molar-refractivity contribution in [2.45, 2.75) is 19.2 Å². The van der Waals surface area contributed by atoms with Crippen LogP contribution in [0.25, 0.3) is 16.9 Å². The lowest BCUT2D eigenvalue weighted by molar-refractivity contribution is 0.944. The molecule has 0 spiro atoms. The van der Waals surface area contributed by atoms with E-state index < -0.39 is 0 Å². The number of halogens is 3. The molecule has 3 nitrogen and oxygen atoms in total. The Morgan fingerprint density at radius 3 is 2.81 bits per heavy atom. The molecular weight excluding hydrogens is 373 g/mol. The lowest BCUT2D eigenvalue weighted by Crippen LogP contribution is -2.03. The van der Waals surface area contributed by atoms with E-state index in [-0.39, 0.29) is 0 Å². The maximum atomic E-state index is 6.07. The minimum absolute atomic E-state index is 0.313. The number of rotatable bonds is 3. The van der Waals surface area contributed by atoms with Crippen LogP contribution < -0.4 is 0 Å². The number of nitrogens with zero attached hydrogens (tertiary/aromatic N) is 3. The van der Waals surface area contributed by atoms with Gasteiger partial charge in [-0.15, -0.1) is 11.6 Å². The van der Waals surface area contributed by atoms with Gasteiger partial charge in [-0.1, -0.05) is 34.5 Å². The van der Waals surface area contributed by atoms with Crippen LogP contribution in [0.15, 0.2) is 34.9 Å². The fourth-order valence-corrected chi connectivity index (χ4v) is 3.13. The summed E-state index contributed by atoms with van der Waals surface area (Å²) >= 11 is 15.6. The zero-order chi connectivity index (χ0) is 15.0. The molecule has 0 bridgehead atoms.